The predicted molar refractivity (Wildman–Crippen MR) is 75.5 cm³/mol. The molecule has 1 aromatic carbocycles. The Kier molecular flexibility index (Phi) is 6.38. The Balaban J connectivity index is 2.57. The number of carbonyl (C=O) groups is 1. The largest absolute Gasteiger partial charge is 0.398 e. The second-order valence-electron chi connectivity index (χ2n) is 4.54. The molecule has 0 spiro atoms. The summed E-state index contributed by atoms with van der Waals surface area (Å²) in [5, 5.41) is 2.66. The number of halogens is 2. The molecule has 20 heavy (non-hydrogen) atoms. The summed E-state index contributed by atoms with van der Waals surface area (Å²) in [5.74, 6) is -2.63. The maximum atomic E-state index is 13.1. The van der Waals surface area contributed by atoms with Gasteiger partial charge in [0.1, 0.15) is 0 Å². The van der Waals surface area contributed by atoms with Crippen LogP contribution in [-0.4, -0.2) is 37.0 Å². The fraction of sp³-hybridized carbons (Fsp3) is 0.500. The van der Waals surface area contributed by atoms with Crippen LogP contribution >= 0.6 is 0 Å². The van der Waals surface area contributed by atoms with Crippen molar-refractivity contribution < 1.29 is 13.6 Å². The van der Waals surface area contributed by atoms with Gasteiger partial charge in [0, 0.05) is 24.8 Å². The van der Waals surface area contributed by atoms with Gasteiger partial charge in [-0.2, -0.15) is 0 Å². The topological polar surface area (TPSA) is 58.4 Å². The van der Waals surface area contributed by atoms with E-state index in [4.69, 9.17) is 5.73 Å². The van der Waals surface area contributed by atoms with Gasteiger partial charge < -0.3 is 16.0 Å². The third-order valence-electron chi connectivity index (χ3n) is 3.04. The third-order valence-corrected chi connectivity index (χ3v) is 3.04. The molecule has 4 nitrogen and oxygen atoms in total. The molecule has 0 atom stereocenters. The zero-order valence-electron chi connectivity index (χ0n) is 11.9. The monoisotopic (exact) mass is 285 g/mol. The van der Waals surface area contributed by atoms with Gasteiger partial charge in [0.2, 0.25) is 0 Å². The lowest BCUT2D eigenvalue weighted by molar-refractivity contribution is 0.0949. The summed E-state index contributed by atoms with van der Waals surface area (Å²) < 4.78 is 26.0. The first kappa shape index (κ1) is 16.4. The summed E-state index contributed by atoms with van der Waals surface area (Å²) in [6.45, 7) is 7.13. The molecule has 0 bridgehead atoms. The van der Waals surface area contributed by atoms with E-state index in [1.807, 2.05) is 6.92 Å². The first-order valence-electron chi connectivity index (χ1n) is 6.74. The molecule has 112 valence electrons. The number of rotatable bonds is 7. The smallest absolute Gasteiger partial charge is 0.253 e. The Morgan fingerprint density at radius 1 is 1.25 bits per heavy atom. The molecule has 0 aromatic heterocycles. The van der Waals surface area contributed by atoms with Crippen LogP contribution in [0.25, 0.3) is 0 Å². The average molecular weight is 285 g/mol. The van der Waals surface area contributed by atoms with Gasteiger partial charge in [0.15, 0.2) is 11.6 Å². The normalized spacial score (nSPS) is 10.8. The zero-order chi connectivity index (χ0) is 15.1. The minimum Gasteiger partial charge on any atom is -0.398 e. The number of amides is 1. The average Bonchev–Trinajstić information content (AvgIpc) is 2.41. The van der Waals surface area contributed by atoms with Gasteiger partial charge in [-0.25, -0.2) is 8.78 Å². The van der Waals surface area contributed by atoms with Crippen LogP contribution in [0.2, 0.25) is 0 Å². The van der Waals surface area contributed by atoms with Crippen LogP contribution in [0.1, 0.15) is 30.6 Å². The van der Waals surface area contributed by atoms with E-state index < -0.39 is 17.5 Å². The van der Waals surface area contributed by atoms with Crippen LogP contribution in [-0.2, 0) is 0 Å². The van der Waals surface area contributed by atoms with Crippen molar-refractivity contribution in [2.45, 2.75) is 20.3 Å². The number of nitrogens with one attached hydrogen (secondary N) is 1. The van der Waals surface area contributed by atoms with Crippen LogP contribution in [0.3, 0.4) is 0 Å². The molecular weight excluding hydrogens is 264 g/mol. The fourth-order valence-electron chi connectivity index (χ4n) is 1.93. The van der Waals surface area contributed by atoms with E-state index in [1.165, 1.54) is 0 Å². The number of anilines is 1. The number of likely N-dealkylation sites (N-methyl/N-ethyl adjacent to an activating group) is 1. The second-order valence-corrected chi connectivity index (χ2v) is 4.54. The minimum absolute atomic E-state index is 0.0394. The number of hydrogen-bond acceptors (Lipinski definition) is 3. The lowest BCUT2D eigenvalue weighted by Gasteiger charge is -2.19. The highest BCUT2D eigenvalue weighted by Crippen LogP contribution is 2.16. The maximum absolute atomic E-state index is 13.1. The highest BCUT2D eigenvalue weighted by atomic mass is 19.2. The van der Waals surface area contributed by atoms with Gasteiger partial charge in [-0.15, -0.1) is 0 Å². The van der Waals surface area contributed by atoms with Gasteiger partial charge in [0.05, 0.1) is 5.56 Å². The molecule has 0 aliphatic rings. The summed E-state index contributed by atoms with van der Waals surface area (Å²) in [6.07, 6.45) is 1.04. The van der Waals surface area contributed by atoms with Crippen molar-refractivity contribution in [3.63, 3.8) is 0 Å². The van der Waals surface area contributed by atoms with E-state index in [2.05, 4.69) is 17.1 Å². The zero-order valence-corrected chi connectivity index (χ0v) is 11.9. The Bertz CT molecular complexity index is 466. The molecule has 0 heterocycles. The second kappa shape index (κ2) is 7.79. The molecule has 1 amide bonds. The summed E-state index contributed by atoms with van der Waals surface area (Å²) >= 11 is 0. The number of nitrogen functional groups attached to an aromatic ring is 1. The number of hydrogen-bond donors (Lipinski definition) is 2. The summed E-state index contributed by atoms with van der Waals surface area (Å²) in [7, 11) is 0. The van der Waals surface area contributed by atoms with Crippen molar-refractivity contribution in [3.05, 3.63) is 29.3 Å². The highest BCUT2D eigenvalue weighted by Gasteiger charge is 2.14. The molecule has 0 aliphatic carbocycles. The molecule has 6 heteroatoms. The van der Waals surface area contributed by atoms with Gasteiger partial charge in [-0.1, -0.05) is 13.8 Å². The van der Waals surface area contributed by atoms with E-state index in [0.29, 0.717) is 13.1 Å². The number of benzene rings is 1. The fourth-order valence-corrected chi connectivity index (χ4v) is 1.93. The molecule has 3 N–H and O–H groups in total. The van der Waals surface area contributed by atoms with Crippen LogP contribution in [0.5, 0.6) is 0 Å². The summed E-state index contributed by atoms with van der Waals surface area (Å²) in [5.41, 5.74) is 5.41. The quantitative estimate of drug-likeness (QED) is 0.753. The van der Waals surface area contributed by atoms with Crippen LogP contribution in [0, 0.1) is 11.6 Å². The molecule has 0 radical (unpaired) electrons. The predicted octanol–water partition coefficient (Wildman–Crippen LogP) is 2.01. The lowest BCUT2D eigenvalue weighted by Crippen LogP contribution is -2.35. The molecule has 0 unspecified atom stereocenters. The summed E-state index contributed by atoms with van der Waals surface area (Å²) in [4.78, 5) is 14.0. The molecule has 0 fully saturated rings. The molecule has 1 rings (SSSR count). The van der Waals surface area contributed by atoms with Gasteiger partial charge in [0.25, 0.3) is 5.91 Å². The van der Waals surface area contributed by atoms with E-state index in [0.717, 1.165) is 31.6 Å². The van der Waals surface area contributed by atoms with E-state index in [1.54, 1.807) is 0 Å². The molecule has 0 saturated heterocycles. The van der Waals surface area contributed by atoms with Gasteiger partial charge in [-0.05, 0) is 25.6 Å². The molecular formula is C14H21F2N3O. The molecule has 0 saturated carbocycles. The van der Waals surface area contributed by atoms with Crippen molar-refractivity contribution in [1.29, 1.82) is 0 Å². The van der Waals surface area contributed by atoms with Crippen LogP contribution < -0.4 is 11.1 Å². The molecule has 0 aliphatic heterocycles. The Labute approximate surface area is 117 Å². The Hall–Kier alpha value is -1.69. The van der Waals surface area contributed by atoms with E-state index in [9.17, 15) is 13.6 Å². The number of carbonyl (C=O) groups excluding carboxylic acids is 1. The number of nitrogens with zero attached hydrogens (tertiary/aromatic N) is 1. The van der Waals surface area contributed by atoms with Crippen molar-refractivity contribution >= 4 is 11.6 Å². The number of nitrogens with two attached hydrogens (primary N) is 1. The first-order valence-corrected chi connectivity index (χ1v) is 6.74. The van der Waals surface area contributed by atoms with Crippen molar-refractivity contribution in [2.75, 3.05) is 31.9 Å². The van der Waals surface area contributed by atoms with Crippen molar-refractivity contribution in [2.24, 2.45) is 0 Å². The van der Waals surface area contributed by atoms with Crippen LogP contribution in [0.4, 0.5) is 14.5 Å². The van der Waals surface area contributed by atoms with Crippen molar-refractivity contribution in [3.8, 4) is 0 Å². The standard InChI is InChI=1S/C14H21F2N3O/c1-3-6-19(4-2)7-5-18-14(20)10-8-11(15)12(16)9-13(10)17/h8-9H,3-7,17H2,1-2H3,(H,18,20). The molecule has 1 aromatic rings. The van der Waals surface area contributed by atoms with E-state index in [-0.39, 0.29) is 11.3 Å². The van der Waals surface area contributed by atoms with Crippen LogP contribution in [0.15, 0.2) is 12.1 Å². The van der Waals surface area contributed by atoms with E-state index >= 15 is 0 Å². The SMILES string of the molecule is CCCN(CC)CCNC(=O)c1cc(F)c(F)cc1N. The van der Waals surface area contributed by atoms with Gasteiger partial charge >= 0.3 is 0 Å². The summed E-state index contributed by atoms with van der Waals surface area (Å²) in [6, 6.07) is 1.64. The minimum atomic E-state index is -1.08. The maximum Gasteiger partial charge on any atom is 0.253 e. The lowest BCUT2D eigenvalue weighted by atomic mass is 10.1. The Morgan fingerprint density at radius 3 is 2.50 bits per heavy atom. The first-order chi connectivity index (χ1) is 9.49. The Morgan fingerprint density at radius 2 is 1.90 bits per heavy atom. The highest BCUT2D eigenvalue weighted by molar-refractivity contribution is 5.99. The van der Waals surface area contributed by atoms with Gasteiger partial charge in [-0.3, -0.25) is 4.79 Å². The third kappa shape index (κ3) is 4.45. The van der Waals surface area contributed by atoms with Crippen molar-refractivity contribution in [1.82, 2.24) is 10.2 Å².